The number of anilines is 1. The normalized spacial score (nSPS) is 10.5. The topological polar surface area (TPSA) is 41.5 Å². The largest absolute Gasteiger partial charge is 0.506 e. The third kappa shape index (κ3) is 3.65. The van der Waals surface area contributed by atoms with Gasteiger partial charge >= 0.3 is 0 Å². The number of phenols is 1. The number of para-hydroxylation sites is 2. The Labute approximate surface area is 124 Å². The second kappa shape index (κ2) is 7.17. The van der Waals surface area contributed by atoms with Crippen LogP contribution in [0.2, 0.25) is 5.02 Å². The SMILES string of the molecule is COCCc1ccccc1NCc1cccc(Cl)c1O. The summed E-state index contributed by atoms with van der Waals surface area (Å²) in [6, 6.07) is 13.4. The number of rotatable bonds is 6. The van der Waals surface area contributed by atoms with Crippen molar-refractivity contribution in [1.29, 1.82) is 0 Å². The van der Waals surface area contributed by atoms with Crippen LogP contribution in [-0.2, 0) is 17.7 Å². The maximum atomic E-state index is 9.89. The van der Waals surface area contributed by atoms with Crippen molar-refractivity contribution in [3.05, 3.63) is 58.6 Å². The van der Waals surface area contributed by atoms with E-state index in [4.69, 9.17) is 16.3 Å². The first-order valence-corrected chi connectivity index (χ1v) is 6.87. The number of nitrogens with one attached hydrogen (secondary N) is 1. The number of methoxy groups -OCH3 is 1. The van der Waals surface area contributed by atoms with Gasteiger partial charge in [0.1, 0.15) is 5.75 Å². The minimum atomic E-state index is 0.135. The Bertz CT molecular complexity index is 572. The Kier molecular flexibility index (Phi) is 5.27. The van der Waals surface area contributed by atoms with Crippen LogP contribution >= 0.6 is 11.6 Å². The van der Waals surface area contributed by atoms with Gasteiger partial charge in [-0.05, 0) is 24.1 Å². The van der Waals surface area contributed by atoms with Crippen molar-refractivity contribution in [3.63, 3.8) is 0 Å². The Morgan fingerprint density at radius 1 is 1.10 bits per heavy atom. The highest BCUT2D eigenvalue weighted by atomic mass is 35.5. The van der Waals surface area contributed by atoms with E-state index in [1.165, 1.54) is 5.56 Å². The molecule has 3 nitrogen and oxygen atoms in total. The predicted octanol–water partition coefficient (Wildman–Crippen LogP) is 3.85. The standard InChI is InChI=1S/C16H18ClNO2/c1-20-10-9-12-5-2-3-8-15(12)18-11-13-6-4-7-14(17)16(13)19/h2-8,18-19H,9-11H2,1H3. The molecular formula is C16H18ClNO2. The minimum Gasteiger partial charge on any atom is -0.506 e. The van der Waals surface area contributed by atoms with Crippen LogP contribution in [0.1, 0.15) is 11.1 Å². The molecule has 0 radical (unpaired) electrons. The number of halogens is 1. The molecule has 0 saturated carbocycles. The number of hydrogen-bond acceptors (Lipinski definition) is 3. The molecule has 0 amide bonds. The fourth-order valence-electron chi connectivity index (χ4n) is 2.02. The molecule has 0 fully saturated rings. The van der Waals surface area contributed by atoms with Gasteiger partial charge in [0, 0.05) is 24.9 Å². The molecule has 0 heterocycles. The van der Waals surface area contributed by atoms with Crippen molar-refractivity contribution < 1.29 is 9.84 Å². The summed E-state index contributed by atoms with van der Waals surface area (Å²) < 4.78 is 5.11. The zero-order chi connectivity index (χ0) is 14.4. The van der Waals surface area contributed by atoms with Crippen LogP contribution in [0.4, 0.5) is 5.69 Å². The lowest BCUT2D eigenvalue weighted by molar-refractivity contribution is 0.202. The monoisotopic (exact) mass is 291 g/mol. The van der Waals surface area contributed by atoms with Gasteiger partial charge in [0.15, 0.2) is 0 Å². The first-order valence-electron chi connectivity index (χ1n) is 6.49. The van der Waals surface area contributed by atoms with Crippen molar-refractivity contribution in [1.82, 2.24) is 0 Å². The summed E-state index contributed by atoms with van der Waals surface area (Å²) in [4.78, 5) is 0. The summed E-state index contributed by atoms with van der Waals surface area (Å²) in [5.74, 6) is 0.135. The Morgan fingerprint density at radius 2 is 1.85 bits per heavy atom. The molecule has 2 aromatic rings. The van der Waals surface area contributed by atoms with E-state index in [-0.39, 0.29) is 5.75 Å². The molecule has 2 rings (SSSR count). The van der Waals surface area contributed by atoms with Gasteiger partial charge in [-0.15, -0.1) is 0 Å². The zero-order valence-corrected chi connectivity index (χ0v) is 12.2. The van der Waals surface area contributed by atoms with Gasteiger partial charge in [0.25, 0.3) is 0 Å². The molecule has 0 spiro atoms. The predicted molar refractivity (Wildman–Crippen MR) is 82.5 cm³/mol. The van der Waals surface area contributed by atoms with Gasteiger partial charge in [-0.2, -0.15) is 0 Å². The quantitative estimate of drug-likeness (QED) is 0.849. The van der Waals surface area contributed by atoms with Crippen LogP contribution in [0.5, 0.6) is 5.75 Å². The van der Waals surface area contributed by atoms with E-state index in [9.17, 15) is 5.11 Å². The lowest BCUT2D eigenvalue weighted by atomic mass is 10.1. The van der Waals surface area contributed by atoms with Gasteiger partial charge in [-0.25, -0.2) is 0 Å². The van der Waals surface area contributed by atoms with Crippen LogP contribution in [0.15, 0.2) is 42.5 Å². The summed E-state index contributed by atoms with van der Waals surface area (Å²) in [7, 11) is 1.69. The highest BCUT2D eigenvalue weighted by Gasteiger charge is 2.06. The van der Waals surface area contributed by atoms with Crippen LogP contribution in [0.25, 0.3) is 0 Å². The lowest BCUT2D eigenvalue weighted by Crippen LogP contribution is -2.04. The highest BCUT2D eigenvalue weighted by Crippen LogP contribution is 2.28. The zero-order valence-electron chi connectivity index (χ0n) is 11.4. The van der Waals surface area contributed by atoms with Gasteiger partial charge < -0.3 is 15.2 Å². The van der Waals surface area contributed by atoms with Crippen LogP contribution < -0.4 is 5.32 Å². The van der Waals surface area contributed by atoms with E-state index in [0.29, 0.717) is 18.2 Å². The van der Waals surface area contributed by atoms with E-state index in [1.54, 1.807) is 13.2 Å². The molecule has 106 valence electrons. The summed E-state index contributed by atoms with van der Waals surface area (Å²) in [5.41, 5.74) is 3.01. The van der Waals surface area contributed by atoms with Crippen LogP contribution in [-0.4, -0.2) is 18.8 Å². The molecular weight excluding hydrogens is 274 g/mol. The first kappa shape index (κ1) is 14.7. The average molecular weight is 292 g/mol. The molecule has 0 aliphatic heterocycles. The second-order valence-electron chi connectivity index (χ2n) is 4.50. The highest BCUT2D eigenvalue weighted by molar-refractivity contribution is 6.32. The van der Waals surface area contributed by atoms with Gasteiger partial charge in [-0.1, -0.05) is 41.9 Å². The molecule has 0 unspecified atom stereocenters. The third-order valence-corrected chi connectivity index (χ3v) is 3.44. The van der Waals surface area contributed by atoms with Crippen molar-refractivity contribution in [2.45, 2.75) is 13.0 Å². The molecule has 0 aliphatic carbocycles. The summed E-state index contributed by atoms with van der Waals surface area (Å²) in [6.07, 6.45) is 0.848. The molecule has 0 atom stereocenters. The minimum absolute atomic E-state index is 0.135. The summed E-state index contributed by atoms with van der Waals surface area (Å²) >= 11 is 5.90. The number of benzene rings is 2. The molecule has 2 aromatic carbocycles. The van der Waals surface area contributed by atoms with Crippen LogP contribution in [0.3, 0.4) is 0 Å². The summed E-state index contributed by atoms with van der Waals surface area (Å²) in [5, 5.41) is 13.6. The van der Waals surface area contributed by atoms with Gasteiger partial charge in [0.05, 0.1) is 11.6 Å². The second-order valence-corrected chi connectivity index (χ2v) is 4.91. The van der Waals surface area contributed by atoms with Crippen LogP contribution in [0, 0.1) is 0 Å². The van der Waals surface area contributed by atoms with Crippen molar-refractivity contribution in [2.24, 2.45) is 0 Å². The smallest absolute Gasteiger partial charge is 0.139 e. The molecule has 2 N–H and O–H groups in total. The number of hydrogen-bond donors (Lipinski definition) is 2. The van der Waals surface area contributed by atoms with E-state index >= 15 is 0 Å². The average Bonchev–Trinajstić information content (AvgIpc) is 2.47. The fraction of sp³-hybridized carbons (Fsp3) is 0.250. The molecule has 0 aromatic heterocycles. The Hall–Kier alpha value is -1.71. The summed E-state index contributed by atoms with van der Waals surface area (Å²) in [6.45, 7) is 1.21. The molecule has 4 heteroatoms. The van der Waals surface area contributed by atoms with E-state index in [2.05, 4.69) is 11.4 Å². The van der Waals surface area contributed by atoms with Gasteiger partial charge in [0.2, 0.25) is 0 Å². The number of ether oxygens (including phenoxy) is 1. The number of aromatic hydroxyl groups is 1. The molecule has 0 bridgehead atoms. The van der Waals surface area contributed by atoms with E-state index < -0.39 is 0 Å². The van der Waals surface area contributed by atoms with Crippen molar-refractivity contribution >= 4 is 17.3 Å². The molecule has 0 saturated heterocycles. The molecule has 20 heavy (non-hydrogen) atoms. The van der Waals surface area contributed by atoms with E-state index in [1.807, 2.05) is 30.3 Å². The maximum absolute atomic E-state index is 9.89. The maximum Gasteiger partial charge on any atom is 0.139 e. The Balaban J connectivity index is 2.09. The van der Waals surface area contributed by atoms with E-state index in [0.717, 1.165) is 17.7 Å². The fourth-order valence-corrected chi connectivity index (χ4v) is 2.21. The third-order valence-electron chi connectivity index (χ3n) is 3.13. The van der Waals surface area contributed by atoms with Crippen molar-refractivity contribution in [2.75, 3.05) is 19.0 Å². The lowest BCUT2D eigenvalue weighted by Gasteiger charge is -2.13. The Morgan fingerprint density at radius 3 is 2.65 bits per heavy atom. The van der Waals surface area contributed by atoms with Gasteiger partial charge in [-0.3, -0.25) is 0 Å². The number of phenolic OH excluding ortho intramolecular Hbond substituents is 1. The van der Waals surface area contributed by atoms with Crippen molar-refractivity contribution in [3.8, 4) is 5.75 Å². The molecule has 0 aliphatic rings. The first-order chi connectivity index (χ1) is 9.72.